The van der Waals surface area contributed by atoms with Crippen LogP contribution in [0.1, 0.15) is 38.2 Å². The lowest BCUT2D eigenvalue weighted by atomic mass is 10.2. The number of hydrogen-bond donors (Lipinski definition) is 1. The molecule has 0 atom stereocenters. The maximum atomic E-state index is 12.9. The van der Waals surface area contributed by atoms with E-state index >= 15 is 0 Å². The molecule has 1 saturated carbocycles. The lowest BCUT2D eigenvalue weighted by Gasteiger charge is -2.45. The molecule has 2 amide bonds. The molecular formula is C21H24N6O. The minimum Gasteiger partial charge on any atom is -0.324 e. The third kappa shape index (κ3) is 3.11. The van der Waals surface area contributed by atoms with E-state index in [2.05, 4.69) is 21.2 Å². The molecule has 0 bridgehead atoms. The van der Waals surface area contributed by atoms with E-state index in [0.29, 0.717) is 12.5 Å². The van der Waals surface area contributed by atoms with Crippen LogP contribution in [0, 0.1) is 12.3 Å². The zero-order chi connectivity index (χ0) is 19.7. The van der Waals surface area contributed by atoms with Gasteiger partial charge in [0.2, 0.25) is 5.95 Å². The molecule has 0 radical (unpaired) electrons. The van der Waals surface area contributed by atoms with E-state index < -0.39 is 0 Å². The van der Waals surface area contributed by atoms with E-state index in [1.165, 1.54) is 12.8 Å². The number of urea groups is 1. The van der Waals surface area contributed by atoms with Crippen LogP contribution in [0.25, 0.3) is 0 Å². The number of nitrogens with zero attached hydrogens (tertiary/aromatic N) is 5. The molecule has 1 N–H and O–H groups in total. The van der Waals surface area contributed by atoms with Crippen molar-refractivity contribution < 1.29 is 4.79 Å². The first-order valence-electron chi connectivity index (χ1n) is 9.67. The van der Waals surface area contributed by atoms with E-state index in [1.807, 2.05) is 31.2 Å². The molecule has 1 aliphatic heterocycles. The maximum Gasteiger partial charge on any atom is 0.343 e. The van der Waals surface area contributed by atoms with Crippen LogP contribution in [0.3, 0.4) is 0 Å². The number of amides is 2. The van der Waals surface area contributed by atoms with Crippen LogP contribution >= 0.6 is 0 Å². The molecule has 144 valence electrons. The highest BCUT2D eigenvalue weighted by molar-refractivity contribution is 5.98. The average molecular weight is 376 g/mol. The Morgan fingerprint density at radius 2 is 2.11 bits per heavy atom. The van der Waals surface area contributed by atoms with Crippen molar-refractivity contribution in [3.63, 3.8) is 0 Å². The van der Waals surface area contributed by atoms with Crippen molar-refractivity contribution in [3.05, 3.63) is 36.0 Å². The minimum atomic E-state index is -0.0482. The molecule has 7 heteroatoms. The van der Waals surface area contributed by atoms with Crippen LogP contribution in [-0.4, -0.2) is 40.6 Å². The molecule has 1 aromatic carbocycles. The largest absolute Gasteiger partial charge is 0.343 e. The number of carbonyl (C=O) groups excluding carboxylic acids is 1. The zero-order valence-corrected chi connectivity index (χ0v) is 16.2. The third-order valence-corrected chi connectivity index (χ3v) is 5.35. The Morgan fingerprint density at radius 1 is 1.32 bits per heavy atom. The fraction of sp³-hybridized carbons (Fsp3) is 0.381. The van der Waals surface area contributed by atoms with E-state index in [4.69, 9.17) is 11.4 Å². The Bertz CT molecular complexity index is 931. The summed E-state index contributed by atoms with van der Waals surface area (Å²) in [6.07, 6.45) is 11.7. The number of anilines is 4. The number of carbonyl (C=O) groups is 1. The quantitative estimate of drug-likeness (QED) is 0.823. The summed E-state index contributed by atoms with van der Waals surface area (Å²) in [6.45, 7) is 2.58. The highest BCUT2D eigenvalue weighted by Gasteiger charge is 2.39. The number of rotatable bonds is 4. The first-order chi connectivity index (χ1) is 13.6. The molecule has 2 aliphatic rings. The number of terminal acetylenes is 1. The second-order valence-electron chi connectivity index (χ2n) is 7.09. The van der Waals surface area contributed by atoms with Gasteiger partial charge >= 0.3 is 6.03 Å². The second-order valence-corrected chi connectivity index (χ2v) is 7.09. The number of hydrazine groups is 1. The van der Waals surface area contributed by atoms with Gasteiger partial charge in [-0.15, -0.1) is 6.42 Å². The monoisotopic (exact) mass is 376 g/mol. The number of benzene rings is 1. The van der Waals surface area contributed by atoms with E-state index in [0.717, 1.165) is 35.6 Å². The Hall–Kier alpha value is -3.27. The van der Waals surface area contributed by atoms with Crippen molar-refractivity contribution in [2.24, 2.45) is 0 Å². The highest BCUT2D eigenvalue weighted by atomic mass is 16.2. The number of hydrogen-bond acceptors (Lipinski definition) is 5. The number of aromatic nitrogens is 2. The molecule has 1 fully saturated rings. The fourth-order valence-electron chi connectivity index (χ4n) is 3.94. The maximum absolute atomic E-state index is 12.9. The molecule has 0 unspecified atom stereocenters. The molecule has 0 spiro atoms. The SMILES string of the molecule is C#Cc1cccc(Nc2ncc3c(n2)N(C2CCCC2)N(CC)C(=O)N3C)c1. The second kappa shape index (κ2) is 7.39. The average Bonchev–Trinajstić information content (AvgIpc) is 3.25. The first kappa shape index (κ1) is 18.1. The molecule has 28 heavy (non-hydrogen) atoms. The van der Waals surface area contributed by atoms with Crippen LogP contribution in [0.15, 0.2) is 30.5 Å². The van der Waals surface area contributed by atoms with Gasteiger partial charge in [0.15, 0.2) is 5.82 Å². The van der Waals surface area contributed by atoms with Gasteiger partial charge in [0.25, 0.3) is 0 Å². The lowest BCUT2D eigenvalue weighted by Crippen LogP contribution is -2.59. The summed E-state index contributed by atoms with van der Waals surface area (Å²) in [5, 5.41) is 7.10. The van der Waals surface area contributed by atoms with Gasteiger partial charge in [-0.3, -0.25) is 9.91 Å². The Morgan fingerprint density at radius 3 is 2.82 bits per heavy atom. The van der Waals surface area contributed by atoms with Gasteiger partial charge in [0.05, 0.1) is 12.2 Å². The Kier molecular flexibility index (Phi) is 4.78. The van der Waals surface area contributed by atoms with Gasteiger partial charge in [-0.1, -0.05) is 24.8 Å². The molecule has 4 rings (SSSR count). The number of fused-ring (bicyclic) bond motifs is 1. The lowest BCUT2D eigenvalue weighted by molar-refractivity contribution is 0.191. The summed E-state index contributed by atoms with van der Waals surface area (Å²) < 4.78 is 0. The van der Waals surface area contributed by atoms with Gasteiger partial charge in [-0.05, 0) is 38.0 Å². The summed E-state index contributed by atoms with van der Waals surface area (Å²) in [7, 11) is 1.77. The summed E-state index contributed by atoms with van der Waals surface area (Å²) in [4.78, 5) is 23.7. The van der Waals surface area contributed by atoms with Crippen LogP contribution < -0.4 is 15.2 Å². The Balaban J connectivity index is 1.73. The minimum absolute atomic E-state index is 0.0482. The normalized spacial score (nSPS) is 16.9. The third-order valence-electron chi connectivity index (χ3n) is 5.35. The van der Waals surface area contributed by atoms with Gasteiger partial charge in [-0.25, -0.2) is 14.8 Å². The molecule has 0 saturated heterocycles. The molecular weight excluding hydrogens is 352 g/mol. The standard InChI is InChI=1S/C21H24N6O/c1-4-15-9-8-10-16(13-15)23-20-22-14-18-19(24-20)27(17-11-6-7-12-17)26(5-2)21(28)25(18)3/h1,8-10,13-14,17H,5-7,11-12H2,2-3H3,(H,22,23,24). The highest BCUT2D eigenvalue weighted by Crippen LogP contribution is 2.38. The zero-order valence-electron chi connectivity index (χ0n) is 16.2. The summed E-state index contributed by atoms with van der Waals surface area (Å²) in [5.41, 5.74) is 2.35. The molecule has 2 heterocycles. The smallest absolute Gasteiger partial charge is 0.324 e. The van der Waals surface area contributed by atoms with Gasteiger partial charge in [0, 0.05) is 24.8 Å². The van der Waals surface area contributed by atoms with Crippen LogP contribution in [0.4, 0.5) is 27.9 Å². The molecule has 1 aromatic heterocycles. The fourth-order valence-corrected chi connectivity index (χ4v) is 3.94. The molecule has 7 nitrogen and oxygen atoms in total. The first-order valence-corrected chi connectivity index (χ1v) is 9.67. The van der Waals surface area contributed by atoms with Gasteiger partial charge in [-0.2, -0.15) is 4.98 Å². The summed E-state index contributed by atoms with van der Waals surface area (Å²) in [5.74, 6) is 3.88. The van der Waals surface area contributed by atoms with Gasteiger partial charge < -0.3 is 5.32 Å². The van der Waals surface area contributed by atoms with Gasteiger partial charge in [0.1, 0.15) is 5.69 Å². The predicted octanol–water partition coefficient (Wildman–Crippen LogP) is 3.76. The van der Waals surface area contributed by atoms with E-state index in [1.54, 1.807) is 23.2 Å². The molecule has 1 aliphatic carbocycles. The van der Waals surface area contributed by atoms with E-state index in [-0.39, 0.29) is 12.1 Å². The summed E-state index contributed by atoms with van der Waals surface area (Å²) >= 11 is 0. The number of nitrogens with one attached hydrogen (secondary N) is 1. The Labute approximate surface area is 165 Å². The topological polar surface area (TPSA) is 64.6 Å². The van der Waals surface area contributed by atoms with Crippen LogP contribution in [0.2, 0.25) is 0 Å². The van der Waals surface area contributed by atoms with E-state index in [9.17, 15) is 4.79 Å². The van der Waals surface area contributed by atoms with Crippen molar-refractivity contribution >= 4 is 29.2 Å². The summed E-state index contributed by atoms with van der Waals surface area (Å²) in [6, 6.07) is 7.81. The van der Waals surface area contributed by atoms with Crippen LogP contribution in [0.5, 0.6) is 0 Å². The van der Waals surface area contributed by atoms with Crippen molar-refractivity contribution in [1.82, 2.24) is 15.0 Å². The van der Waals surface area contributed by atoms with Crippen LogP contribution in [-0.2, 0) is 0 Å². The predicted molar refractivity (Wildman–Crippen MR) is 111 cm³/mol. The van der Waals surface area contributed by atoms with Crippen molar-refractivity contribution in [2.75, 3.05) is 28.8 Å². The van der Waals surface area contributed by atoms with Crippen molar-refractivity contribution in [1.29, 1.82) is 0 Å². The van der Waals surface area contributed by atoms with Crippen molar-refractivity contribution in [2.45, 2.75) is 38.6 Å². The van der Waals surface area contributed by atoms with Crippen molar-refractivity contribution in [3.8, 4) is 12.3 Å². The molecule has 2 aromatic rings.